The van der Waals surface area contributed by atoms with E-state index in [9.17, 15) is 9.59 Å². The molecule has 2 rings (SSSR count). The summed E-state index contributed by atoms with van der Waals surface area (Å²) in [6, 6.07) is 15.1. The van der Waals surface area contributed by atoms with Crippen LogP contribution in [0, 0.1) is 10.5 Å². The van der Waals surface area contributed by atoms with Gasteiger partial charge in [0.25, 0.3) is 0 Å². The fraction of sp³-hybridized carbons (Fsp3) is 0.294. The molecule has 1 aliphatic rings. The van der Waals surface area contributed by atoms with Crippen LogP contribution in [0.3, 0.4) is 0 Å². The fourth-order valence-electron chi connectivity index (χ4n) is 2.23. The molecule has 0 aromatic heterocycles. The summed E-state index contributed by atoms with van der Waals surface area (Å²) >= 11 is -0.778. The molecule has 0 bridgehead atoms. The summed E-state index contributed by atoms with van der Waals surface area (Å²) in [6.45, 7) is 2.03. The fourth-order valence-corrected chi connectivity index (χ4v) is 5.46. The maximum absolute atomic E-state index is 11.8. The van der Waals surface area contributed by atoms with Crippen LogP contribution in [-0.2, 0) is 9.59 Å². The Morgan fingerprint density at radius 2 is 1.64 bits per heavy atom. The number of nitrogens with two attached hydrogens (primary N) is 2. The van der Waals surface area contributed by atoms with E-state index >= 15 is 0 Å². The molecule has 1 unspecified atom stereocenters. The third kappa shape index (κ3) is 4.34. The van der Waals surface area contributed by atoms with Crippen molar-refractivity contribution in [1.82, 2.24) is 0 Å². The number of Topliss-reactive ketones (excluding diaryl/α,β-unsaturated/α-hetero) is 2. The Hall–Kier alpha value is -1.31. The summed E-state index contributed by atoms with van der Waals surface area (Å²) in [4.78, 5) is 23.6. The Bertz CT molecular complexity index is 618. The van der Waals surface area contributed by atoms with Crippen LogP contribution >= 0.6 is 0 Å². The van der Waals surface area contributed by atoms with Crippen LogP contribution in [0.5, 0.6) is 0 Å². The van der Waals surface area contributed by atoms with Gasteiger partial charge in [-0.1, -0.05) is 0 Å². The zero-order valence-corrected chi connectivity index (χ0v) is 14.6. The Labute approximate surface area is 140 Å². The predicted molar refractivity (Wildman–Crippen MR) is 81.6 cm³/mol. The zero-order chi connectivity index (χ0) is 16.2. The molecule has 0 amide bonds. The number of ketones is 2. The molecule has 5 heteroatoms. The first-order valence-corrected chi connectivity index (χ1v) is 9.21. The van der Waals surface area contributed by atoms with Crippen molar-refractivity contribution < 1.29 is 30.8 Å². The summed E-state index contributed by atoms with van der Waals surface area (Å²) in [5.41, 5.74) is 13.5. The van der Waals surface area contributed by atoms with Crippen molar-refractivity contribution in [2.24, 2.45) is 11.5 Å². The molecule has 118 valence electrons. The standard InChI is InChI=1S/C17H20IN2O2/c1-12-6-2-4-8-13(9-5-3-7-12)18-17(20)11-14(21)10-15(22)16(17)19/h2-9,16H,10-11,19-20H2,1H3/q-1/t16?,17-/m1/s1. The van der Waals surface area contributed by atoms with Crippen LogP contribution in [0.15, 0.2) is 48.5 Å². The van der Waals surface area contributed by atoms with Gasteiger partial charge >= 0.3 is 141 Å². The number of halogens is 1. The molecule has 0 spiro atoms. The third-order valence-corrected chi connectivity index (χ3v) is 6.84. The van der Waals surface area contributed by atoms with Crippen LogP contribution in [0.1, 0.15) is 18.4 Å². The van der Waals surface area contributed by atoms with Crippen LogP contribution < -0.4 is 32.7 Å². The van der Waals surface area contributed by atoms with Crippen molar-refractivity contribution in [2.45, 2.75) is 29.4 Å². The second-order valence-corrected chi connectivity index (χ2v) is 9.22. The molecule has 1 saturated carbocycles. The van der Waals surface area contributed by atoms with Gasteiger partial charge in [0.05, 0.1) is 0 Å². The van der Waals surface area contributed by atoms with E-state index in [2.05, 4.69) is 0 Å². The third-order valence-electron chi connectivity index (χ3n) is 3.44. The first kappa shape index (κ1) is 17.1. The number of alkyl halides is 1. The Morgan fingerprint density at radius 3 is 2.23 bits per heavy atom. The number of carbonyl (C=O) groups excluding carboxylic acids is 2. The average molecular weight is 411 g/mol. The second kappa shape index (κ2) is 7.30. The van der Waals surface area contributed by atoms with Gasteiger partial charge in [-0.2, -0.15) is 0 Å². The number of hydrogen-bond donors (Lipinski definition) is 2. The number of aryl methyl sites for hydroxylation is 1. The van der Waals surface area contributed by atoms with Gasteiger partial charge < -0.3 is 0 Å². The molecule has 1 aromatic rings. The predicted octanol–water partition coefficient (Wildman–Crippen LogP) is -1.71. The van der Waals surface area contributed by atoms with Crippen molar-refractivity contribution in [3.63, 3.8) is 0 Å². The SMILES string of the molecule is Cc1ccccc([I-][C@@]2(N)CC(=O)CC(=O)C2N)cccc1. The first-order valence-electron chi connectivity index (χ1n) is 7.05. The van der Waals surface area contributed by atoms with Crippen LogP contribution in [-0.4, -0.2) is 21.2 Å². The van der Waals surface area contributed by atoms with E-state index < -0.39 is 30.8 Å². The molecule has 1 aromatic carbocycles. The molecule has 4 N–H and O–H groups in total. The van der Waals surface area contributed by atoms with Gasteiger partial charge in [0.1, 0.15) is 0 Å². The molecule has 4 nitrogen and oxygen atoms in total. The maximum atomic E-state index is 11.8. The van der Waals surface area contributed by atoms with E-state index in [1.54, 1.807) is 0 Å². The van der Waals surface area contributed by atoms with Crippen molar-refractivity contribution >= 4 is 11.6 Å². The number of hydrogen-bond acceptors (Lipinski definition) is 4. The molecule has 1 aliphatic carbocycles. The second-order valence-electron chi connectivity index (χ2n) is 5.42. The molecular formula is C17H20IN2O2-. The first-order chi connectivity index (χ1) is 10.4. The average Bonchev–Trinajstić information content (AvgIpc) is 2.45. The van der Waals surface area contributed by atoms with Gasteiger partial charge in [-0.3, -0.25) is 0 Å². The van der Waals surface area contributed by atoms with Gasteiger partial charge in [-0.25, -0.2) is 0 Å². The molecule has 2 atom stereocenters. The summed E-state index contributed by atoms with van der Waals surface area (Å²) in [7, 11) is 0. The van der Waals surface area contributed by atoms with Gasteiger partial charge in [-0.15, -0.1) is 0 Å². The van der Waals surface area contributed by atoms with E-state index in [0.717, 1.165) is 9.13 Å². The zero-order valence-electron chi connectivity index (χ0n) is 12.5. The Balaban J connectivity index is 2.32. The van der Waals surface area contributed by atoms with Gasteiger partial charge in [0.2, 0.25) is 0 Å². The molecule has 1 fully saturated rings. The summed E-state index contributed by atoms with van der Waals surface area (Å²) in [5, 5.41) is 0. The van der Waals surface area contributed by atoms with Gasteiger partial charge in [0, 0.05) is 0 Å². The van der Waals surface area contributed by atoms with Crippen molar-refractivity contribution in [3.8, 4) is 0 Å². The minimum atomic E-state index is -0.894. The molecule has 0 saturated heterocycles. The van der Waals surface area contributed by atoms with E-state index in [1.807, 2.05) is 55.5 Å². The van der Waals surface area contributed by atoms with Crippen molar-refractivity contribution in [3.05, 3.63) is 57.7 Å². The minimum absolute atomic E-state index is 0.0779. The van der Waals surface area contributed by atoms with E-state index in [1.165, 1.54) is 0 Å². The summed E-state index contributed by atoms with van der Waals surface area (Å²) < 4.78 is 0.155. The van der Waals surface area contributed by atoms with Gasteiger partial charge in [-0.05, 0) is 0 Å². The Kier molecular flexibility index (Phi) is 5.66. The Morgan fingerprint density at radius 1 is 1.09 bits per heavy atom. The monoisotopic (exact) mass is 411 g/mol. The summed E-state index contributed by atoms with van der Waals surface area (Å²) in [5.74, 6) is -0.343. The molecular weight excluding hydrogens is 391 g/mol. The van der Waals surface area contributed by atoms with E-state index in [-0.39, 0.29) is 24.4 Å². The van der Waals surface area contributed by atoms with Crippen LogP contribution in [0.4, 0.5) is 0 Å². The summed E-state index contributed by atoms with van der Waals surface area (Å²) in [6.07, 6.45) is 0.113. The van der Waals surface area contributed by atoms with E-state index in [4.69, 9.17) is 11.5 Å². The number of rotatable bonds is 2. The molecule has 0 heterocycles. The molecule has 0 aliphatic heterocycles. The van der Waals surface area contributed by atoms with Crippen molar-refractivity contribution in [2.75, 3.05) is 0 Å². The van der Waals surface area contributed by atoms with Gasteiger partial charge in [0.15, 0.2) is 0 Å². The molecule has 0 radical (unpaired) electrons. The normalized spacial score (nSPS) is 25.0. The quantitative estimate of drug-likeness (QED) is 0.263. The van der Waals surface area contributed by atoms with Crippen LogP contribution in [0.25, 0.3) is 0 Å². The van der Waals surface area contributed by atoms with E-state index in [0.29, 0.717) is 0 Å². The molecule has 22 heavy (non-hydrogen) atoms. The topological polar surface area (TPSA) is 86.2 Å². The van der Waals surface area contributed by atoms with Crippen LogP contribution in [0.2, 0.25) is 0 Å². The van der Waals surface area contributed by atoms with Crippen molar-refractivity contribution in [1.29, 1.82) is 0 Å². The number of carbonyl (C=O) groups is 2.